The van der Waals surface area contributed by atoms with Crippen molar-refractivity contribution in [2.24, 2.45) is 0 Å². The maximum absolute atomic E-state index is 13.2. The van der Waals surface area contributed by atoms with Crippen LogP contribution in [0, 0.1) is 0 Å². The number of nitrogens with one attached hydrogen (secondary N) is 2. The standard InChI is InChI=1S/C22H28BrN3O4S2/c1-22(2,3)15-10-11-18(30-5)16(14-15)20(27)25-12-13-26(21(31)24-4)32(28,29)19-9-7-6-8-17(19)23/h6-11,14H,12-13H2,1-5H3,(H,24,31)(H,25,27). The van der Waals surface area contributed by atoms with E-state index in [2.05, 4.69) is 47.3 Å². The van der Waals surface area contributed by atoms with Crippen LogP contribution in [0.25, 0.3) is 0 Å². The molecule has 0 saturated heterocycles. The van der Waals surface area contributed by atoms with Crippen LogP contribution in [0.5, 0.6) is 5.75 Å². The fourth-order valence-corrected chi connectivity index (χ4v) is 5.67. The van der Waals surface area contributed by atoms with E-state index in [0.29, 0.717) is 15.8 Å². The molecule has 174 valence electrons. The zero-order valence-electron chi connectivity index (χ0n) is 18.7. The molecule has 2 aromatic rings. The Hall–Kier alpha value is -2.17. The molecule has 2 N–H and O–H groups in total. The monoisotopic (exact) mass is 541 g/mol. The second-order valence-corrected chi connectivity index (χ2v) is 11.1. The number of nitrogens with zero attached hydrogens (tertiary/aromatic N) is 1. The Labute approximate surface area is 203 Å². The minimum absolute atomic E-state index is 0.0299. The van der Waals surface area contributed by atoms with E-state index in [9.17, 15) is 13.2 Å². The van der Waals surface area contributed by atoms with Gasteiger partial charge in [0.15, 0.2) is 5.11 Å². The van der Waals surface area contributed by atoms with Crippen molar-refractivity contribution in [3.63, 3.8) is 0 Å². The smallest absolute Gasteiger partial charge is 0.267 e. The average Bonchev–Trinajstić information content (AvgIpc) is 2.74. The number of hydrogen-bond acceptors (Lipinski definition) is 5. The summed E-state index contributed by atoms with van der Waals surface area (Å²) in [5.74, 6) is 0.0838. The van der Waals surface area contributed by atoms with Crippen LogP contribution < -0.4 is 15.4 Å². The zero-order valence-corrected chi connectivity index (χ0v) is 21.9. The lowest BCUT2D eigenvalue weighted by Gasteiger charge is -2.25. The van der Waals surface area contributed by atoms with Gasteiger partial charge in [0.1, 0.15) is 10.6 Å². The van der Waals surface area contributed by atoms with Gasteiger partial charge in [-0.2, -0.15) is 0 Å². The fourth-order valence-electron chi connectivity index (χ4n) is 2.95. The minimum Gasteiger partial charge on any atom is -0.496 e. The first-order chi connectivity index (χ1) is 14.9. The number of carbonyl (C=O) groups excluding carboxylic acids is 1. The molecule has 0 aliphatic heterocycles. The van der Waals surface area contributed by atoms with Crippen LogP contribution in [-0.4, -0.2) is 51.0 Å². The number of thiocarbonyl (C=S) groups is 1. The first kappa shape index (κ1) is 26.1. The lowest BCUT2D eigenvalue weighted by molar-refractivity contribution is 0.0949. The largest absolute Gasteiger partial charge is 0.496 e. The van der Waals surface area contributed by atoms with Crippen LogP contribution in [0.3, 0.4) is 0 Å². The molecule has 0 radical (unpaired) electrons. The summed E-state index contributed by atoms with van der Waals surface area (Å²) < 4.78 is 33.2. The molecule has 0 heterocycles. The van der Waals surface area contributed by atoms with Gasteiger partial charge in [-0.15, -0.1) is 0 Å². The van der Waals surface area contributed by atoms with Crippen molar-refractivity contribution in [2.45, 2.75) is 31.1 Å². The minimum atomic E-state index is -3.94. The van der Waals surface area contributed by atoms with Gasteiger partial charge >= 0.3 is 0 Å². The molecule has 2 rings (SSSR count). The van der Waals surface area contributed by atoms with E-state index in [0.717, 1.165) is 9.87 Å². The summed E-state index contributed by atoms with van der Waals surface area (Å²) in [6.07, 6.45) is 0. The van der Waals surface area contributed by atoms with Crippen LogP contribution in [0.1, 0.15) is 36.7 Å². The number of sulfonamides is 1. The van der Waals surface area contributed by atoms with E-state index in [1.165, 1.54) is 13.2 Å². The number of hydrogen-bond donors (Lipinski definition) is 2. The number of amides is 1. The number of halogens is 1. The summed E-state index contributed by atoms with van der Waals surface area (Å²) in [5.41, 5.74) is 1.23. The second-order valence-electron chi connectivity index (χ2n) is 7.98. The SMILES string of the molecule is CNC(=S)N(CCNC(=O)c1cc(C(C)(C)C)ccc1OC)S(=O)(=O)c1ccccc1Br. The highest BCUT2D eigenvalue weighted by Crippen LogP contribution is 2.28. The lowest BCUT2D eigenvalue weighted by atomic mass is 9.86. The first-order valence-corrected chi connectivity index (χ1v) is 12.5. The molecule has 0 saturated carbocycles. The average molecular weight is 543 g/mol. The summed E-state index contributed by atoms with van der Waals surface area (Å²) in [7, 11) is -0.890. The molecule has 0 aliphatic carbocycles. The summed E-state index contributed by atoms with van der Waals surface area (Å²) in [6.45, 7) is 6.17. The summed E-state index contributed by atoms with van der Waals surface area (Å²) in [6, 6.07) is 12.0. The van der Waals surface area contributed by atoms with Crippen molar-refractivity contribution in [2.75, 3.05) is 27.2 Å². The van der Waals surface area contributed by atoms with Gasteiger partial charge in [-0.1, -0.05) is 39.0 Å². The van der Waals surface area contributed by atoms with Crippen LogP contribution in [0.2, 0.25) is 0 Å². The first-order valence-electron chi connectivity index (χ1n) is 9.89. The summed E-state index contributed by atoms with van der Waals surface area (Å²) >= 11 is 8.50. The number of methoxy groups -OCH3 is 1. The predicted octanol–water partition coefficient (Wildman–Crippen LogP) is 3.68. The molecule has 32 heavy (non-hydrogen) atoms. The van der Waals surface area contributed by atoms with Crippen molar-refractivity contribution < 1.29 is 17.9 Å². The third-order valence-electron chi connectivity index (χ3n) is 4.76. The van der Waals surface area contributed by atoms with Gasteiger partial charge in [0.2, 0.25) is 0 Å². The Morgan fingerprint density at radius 3 is 2.41 bits per heavy atom. The van der Waals surface area contributed by atoms with Gasteiger partial charge in [0.05, 0.1) is 19.2 Å². The van der Waals surface area contributed by atoms with E-state index in [1.807, 2.05) is 6.07 Å². The Kier molecular flexibility index (Phi) is 8.67. The third kappa shape index (κ3) is 5.99. The van der Waals surface area contributed by atoms with Gasteiger partial charge in [0, 0.05) is 18.1 Å². The van der Waals surface area contributed by atoms with Gasteiger partial charge < -0.3 is 15.4 Å². The molecule has 0 aromatic heterocycles. The van der Waals surface area contributed by atoms with Crippen LogP contribution in [0.4, 0.5) is 0 Å². The van der Waals surface area contributed by atoms with E-state index in [-0.39, 0.29) is 34.4 Å². The molecule has 7 nitrogen and oxygen atoms in total. The molecule has 0 spiro atoms. The lowest BCUT2D eigenvalue weighted by Crippen LogP contribution is -2.46. The quantitative estimate of drug-likeness (QED) is 0.520. The highest BCUT2D eigenvalue weighted by atomic mass is 79.9. The van der Waals surface area contributed by atoms with Crippen LogP contribution in [-0.2, 0) is 15.4 Å². The maximum Gasteiger partial charge on any atom is 0.267 e. The van der Waals surface area contributed by atoms with Gasteiger partial charge in [-0.3, -0.25) is 4.79 Å². The van der Waals surface area contributed by atoms with Crippen molar-refractivity contribution in [3.8, 4) is 5.75 Å². The summed E-state index contributed by atoms with van der Waals surface area (Å²) in [4.78, 5) is 13.0. The number of carbonyl (C=O) groups is 1. The fraction of sp³-hybridized carbons (Fsp3) is 0.364. The second kappa shape index (κ2) is 10.6. The highest BCUT2D eigenvalue weighted by Gasteiger charge is 2.28. The molecule has 0 fully saturated rings. The van der Waals surface area contributed by atoms with E-state index >= 15 is 0 Å². The Morgan fingerprint density at radius 2 is 1.84 bits per heavy atom. The number of ether oxygens (including phenoxy) is 1. The Balaban J connectivity index is 2.23. The number of rotatable bonds is 7. The van der Waals surface area contributed by atoms with Crippen LogP contribution >= 0.6 is 28.1 Å². The van der Waals surface area contributed by atoms with Crippen molar-refractivity contribution in [1.29, 1.82) is 0 Å². The summed E-state index contributed by atoms with van der Waals surface area (Å²) in [5, 5.41) is 5.51. The van der Waals surface area contributed by atoms with Crippen LogP contribution in [0.15, 0.2) is 51.8 Å². The molecule has 2 aromatic carbocycles. The molecule has 0 unspecified atom stereocenters. The zero-order chi connectivity index (χ0) is 24.1. The highest BCUT2D eigenvalue weighted by molar-refractivity contribution is 9.10. The van der Waals surface area contributed by atoms with Gasteiger partial charge in [-0.05, 0) is 63.4 Å². The molecule has 10 heteroatoms. The topological polar surface area (TPSA) is 87.7 Å². The van der Waals surface area contributed by atoms with E-state index < -0.39 is 10.0 Å². The van der Waals surface area contributed by atoms with Crippen molar-refractivity contribution in [1.82, 2.24) is 14.9 Å². The van der Waals surface area contributed by atoms with E-state index in [1.54, 1.807) is 37.4 Å². The van der Waals surface area contributed by atoms with Gasteiger partial charge in [0.25, 0.3) is 15.9 Å². The number of benzene rings is 2. The molecule has 1 amide bonds. The predicted molar refractivity (Wildman–Crippen MR) is 134 cm³/mol. The molecule has 0 bridgehead atoms. The van der Waals surface area contributed by atoms with Gasteiger partial charge in [-0.25, -0.2) is 12.7 Å². The Bertz CT molecular complexity index is 1100. The molecular weight excluding hydrogens is 514 g/mol. The normalized spacial score (nSPS) is 11.6. The molecular formula is C22H28BrN3O4S2. The molecule has 0 atom stereocenters. The van der Waals surface area contributed by atoms with E-state index in [4.69, 9.17) is 17.0 Å². The maximum atomic E-state index is 13.2. The van der Waals surface area contributed by atoms with Crippen molar-refractivity contribution >= 4 is 49.2 Å². The Morgan fingerprint density at radius 1 is 1.19 bits per heavy atom. The molecule has 0 aliphatic rings. The third-order valence-corrected chi connectivity index (χ3v) is 8.11. The van der Waals surface area contributed by atoms with Crippen molar-refractivity contribution in [3.05, 3.63) is 58.1 Å².